The minimum atomic E-state index is -1.04. The molecule has 1 heterocycles. The maximum Gasteiger partial charge on any atom is 0.344 e. The number of carboxylic acid groups (broad SMARTS) is 1. The summed E-state index contributed by atoms with van der Waals surface area (Å²) in [7, 11) is 0. The molecule has 0 spiro atoms. The van der Waals surface area contributed by atoms with Crippen molar-refractivity contribution in [2.24, 2.45) is 0 Å². The number of carboxylic acids is 1. The summed E-state index contributed by atoms with van der Waals surface area (Å²) in [6.45, 7) is 1.44. The number of halogens is 1. The highest BCUT2D eigenvalue weighted by atomic mass is 19.1. The van der Waals surface area contributed by atoms with Crippen molar-refractivity contribution < 1.29 is 23.4 Å². The lowest BCUT2D eigenvalue weighted by molar-refractivity contribution is -0.144. The first-order valence-electron chi connectivity index (χ1n) is 6.06. The Morgan fingerprint density at radius 2 is 1.85 bits per heavy atom. The van der Waals surface area contributed by atoms with E-state index in [2.05, 4.69) is 0 Å². The van der Waals surface area contributed by atoms with E-state index in [1.807, 2.05) is 0 Å². The molecular weight excluding hydrogens is 263 g/mol. The zero-order valence-corrected chi connectivity index (χ0v) is 10.6. The van der Waals surface area contributed by atoms with E-state index in [1.54, 1.807) is 24.3 Å². The van der Waals surface area contributed by atoms with Gasteiger partial charge < -0.3 is 14.3 Å². The van der Waals surface area contributed by atoms with Crippen molar-refractivity contribution in [3.8, 4) is 5.75 Å². The Morgan fingerprint density at radius 1 is 1.20 bits per heavy atom. The summed E-state index contributed by atoms with van der Waals surface area (Å²) in [4.78, 5) is 10.8. The number of carbonyl (C=O) groups is 1. The van der Waals surface area contributed by atoms with Gasteiger partial charge >= 0.3 is 5.97 Å². The molecule has 1 aromatic heterocycles. The molecule has 102 valence electrons. The molecule has 5 heteroatoms. The largest absolute Gasteiger partial charge is 0.479 e. The molecule has 20 heavy (non-hydrogen) atoms. The van der Waals surface area contributed by atoms with E-state index in [0.29, 0.717) is 16.9 Å². The van der Waals surface area contributed by atoms with Gasteiger partial charge in [0.1, 0.15) is 22.7 Å². The highest BCUT2D eigenvalue weighted by molar-refractivity contribution is 6.05. The maximum atomic E-state index is 13.2. The van der Waals surface area contributed by atoms with Crippen molar-refractivity contribution in [2.75, 3.05) is 0 Å². The lowest BCUT2D eigenvalue weighted by Crippen LogP contribution is -2.22. The number of hydrogen-bond donors (Lipinski definition) is 1. The van der Waals surface area contributed by atoms with Crippen molar-refractivity contribution in [2.45, 2.75) is 13.0 Å². The van der Waals surface area contributed by atoms with Crippen LogP contribution in [0.4, 0.5) is 4.39 Å². The molecule has 0 bridgehead atoms. The summed E-state index contributed by atoms with van der Waals surface area (Å²) in [5.74, 6) is -1.02. The van der Waals surface area contributed by atoms with Gasteiger partial charge in [-0.1, -0.05) is 0 Å². The van der Waals surface area contributed by atoms with Gasteiger partial charge in [-0.2, -0.15) is 0 Å². The first-order chi connectivity index (χ1) is 9.54. The normalized spacial score (nSPS) is 12.7. The average Bonchev–Trinajstić information content (AvgIpc) is 2.74. The van der Waals surface area contributed by atoms with Gasteiger partial charge in [-0.15, -0.1) is 0 Å². The standard InChI is InChI=1S/C15H11FO4/c1-8(15(17)18)19-10-3-5-12-11-4-2-9(16)6-13(11)20-14(12)7-10/h2-8H,1H3,(H,17,18). The van der Waals surface area contributed by atoms with Gasteiger partial charge in [-0.3, -0.25) is 0 Å². The summed E-state index contributed by atoms with van der Waals surface area (Å²) < 4.78 is 24.0. The molecule has 0 aliphatic heterocycles. The van der Waals surface area contributed by atoms with E-state index in [0.717, 1.165) is 10.8 Å². The van der Waals surface area contributed by atoms with Crippen LogP contribution in [0, 0.1) is 5.82 Å². The third kappa shape index (κ3) is 2.07. The van der Waals surface area contributed by atoms with E-state index in [1.165, 1.54) is 19.1 Å². The first-order valence-corrected chi connectivity index (χ1v) is 6.06. The summed E-state index contributed by atoms with van der Waals surface area (Å²) in [6.07, 6.45) is -0.950. The van der Waals surface area contributed by atoms with Gasteiger partial charge in [0.25, 0.3) is 0 Å². The third-order valence-electron chi connectivity index (χ3n) is 3.07. The second kappa shape index (κ2) is 4.52. The monoisotopic (exact) mass is 274 g/mol. The molecule has 0 saturated carbocycles. The molecule has 0 aliphatic carbocycles. The van der Waals surface area contributed by atoms with E-state index in [9.17, 15) is 9.18 Å². The van der Waals surface area contributed by atoms with Crippen LogP contribution in [0.5, 0.6) is 5.75 Å². The number of fused-ring (bicyclic) bond motifs is 3. The summed E-state index contributed by atoms with van der Waals surface area (Å²) in [5, 5.41) is 10.4. The van der Waals surface area contributed by atoms with Crippen molar-refractivity contribution >= 4 is 27.9 Å². The van der Waals surface area contributed by atoms with Crippen LogP contribution in [0.15, 0.2) is 40.8 Å². The maximum absolute atomic E-state index is 13.2. The van der Waals surface area contributed by atoms with E-state index >= 15 is 0 Å². The molecule has 0 fully saturated rings. The second-order valence-electron chi connectivity index (χ2n) is 4.50. The van der Waals surface area contributed by atoms with E-state index in [-0.39, 0.29) is 5.82 Å². The molecule has 3 rings (SSSR count). The van der Waals surface area contributed by atoms with Crippen LogP contribution in [0.25, 0.3) is 21.9 Å². The van der Waals surface area contributed by atoms with Crippen LogP contribution < -0.4 is 4.74 Å². The summed E-state index contributed by atoms with van der Waals surface area (Å²) in [5.41, 5.74) is 0.976. The van der Waals surface area contributed by atoms with E-state index in [4.69, 9.17) is 14.3 Å². The smallest absolute Gasteiger partial charge is 0.344 e. The van der Waals surface area contributed by atoms with Crippen molar-refractivity contribution in [1.29, 1.82) is 0 Å². The average molecular weight is 274 g/mol. The molecule has 0 saturated heterocycles. The second-order valence-corrected chi connectivity index (χ2v) is 4.50. The summed E-state index contributed by atoms with van der Waals surface area (Å²) >= 11 is 0. The Bertz CT molecular complexity index is 806. The number of ether oxygens (including phenoxy) is 1. The fourth-order valence-electron chi connectivity index (χ4n) is 2.06. The Morgan fingerprint density at radius 3 is 2.55 bits per heavy atom. The van der Waals surface area contributed by atoms with Gasteiger partial charge in [0.15, 0.2) is 6.10 Å². The van der Waals surface area contributed by atoms with Gasteiger partial charge in [0, 0.05) is 22.9 Å². The van der Waals surface area contributed by atoms with E-state index < -0.39 is 12.1 Å². The van der Waals surface area contributed by atoms with Crippen LogP contribution >= 0.6 is 0 Å². The van der Waals surface area contributed by atoms with Crippen LogP contribution in [-0.2, 0) is 4.79 Å². The highest BCUT2D eigenvalue weighted by Crippen LogP contribution is 2.31. The minimum Gasteiger partial charge on any atom is -0.479 e. The Balaban J connectivity index is 2.07. The van der Waals surface area contributed by atoms with Crippen molar-refractivity contribution in [3.05, 3.63) is 42.2 Å². The quantitative estimate of drug-likeness (QED) is 0.793. The Kier molecular flexibility index (Phi) is 2.82. The van der Waals surface area contributed by atoms with Gasteiger partial charge in [0.2, 0.25) is 0 Å². The van der Waals surface area contributed by atoms with Crippen LogP contribution in [0.1, 0.15) is 6.92 Å². The molecule has 0 amide bonds. The zero-order chi connectivity index (χ0) is 14.3. The van der Waals surface area contributed by atoms with Crippen LogP contribution in [0.3, 0.4) is 0 Å². The SMILES string of the molecule is CC(Oc1ccc2c(c1)oc1cc(F)ccc12)C(=O)O. The fourth-order valence-corrected chi connectivity index (χ4v) is 2.06. The molecule has 3 aromatic rings. The van der Waals surface area contributed by atoms with Crippen LogP contribution in [0.2, 0.25) is 0 Å². The molecule has 1 atom stereocenters. The predicted octanol–water partition coefficient (Wildman–Crippen LogP) is 3.58. The number of furan rings is 1. The Hall–Kier alpha value is -2.56. The number of aliphatic carboxylic acids is 1. The van der Waals surface area contributed by atoms with Crippen LogP contribution in [-0.4, -0.2) is 17.2 Å². The summed E-state index contributed by atoms with van der Waals surface area (Å²) in [6, 6.07) is 9.37. The molecule has 1 N–H and O–H groups in total. The van der Waals surface area contributed by atoms with Crippen molar-refractivity contribution in [1.82, 2.24) is 0 Å². The van der Waals surface area contributed by atoms with Crippen molar-refractivity contribution in [3.63, 3.8) is 0 Å². The topological polar surface area (TPSA) is 59.7 Å². The molecule has 2 aromatic carbocycles. The number of hydrogen-bond acceptors (Lipinski definition) is 3. The Labute approximate surface area is 113 Å². The number of rotatable bonds is 3. The molecule has 0 aliphatic rings. The zero-order valence-electron chi connectivity index (χ0n) is 10.6. The first kappa shape index (κ1) is 12.5. The lowest BCUT2D eigenvalue weighted by atomic mass is 10.1. The minimum absolute atomic E-state index is 0.368. The number of benzene rings is 2. The third-order valence-corrected chi connectivity index (χ3v) is 3.07. The molecular formula is C15H11FO4. The fraction of sp³-hybridized carbons (Fsp3) is 0.133. The molecule has 4 nitrogen and oxygen atoms in total. The molecule has 1 unspecified atom stereocenters. The predicted molar refractivity (Wildman–Crippen MR) is 71.4 cm³/mol. The van der Waals surface area contributed by atoms with Gasteiger partial charge in [-0.25, -0.2) is 9.18 Å². The van der Waals surface area contributed by atoms with Gasteiger partial charge in [-0.05, 0) is 31.2 Å². The lowest BCUT2D eigenvalue weighted by Gasteiger charge is -2.09. The van der Waals surface area contributed by atoms with Gasteiger partial charge in [0.05, 0.1) is 0 Å². The highest BCUT2D eigenvalue weighted by Gasteiger charge is 2.14. The molecule has 0 radical (unpaired) electrons.